The fourth-order valence-corrected chi connectivity index (χ4v) is 2.44. The molecule has 0 fully saturated rings. The van der Waals surface area contributed by atoms with Gasteiger partial charge in [-0.25, -0.2) is 0 Å². The number of nitro groups is 1. The monoisotopic (exact) mass is 380 g/mol. The van der Waals surface area contributed by atoms with Gasteiger partial charge in [-0.2, -0.15) is 5.10 Å². The molecule has 0 radical (unpaired) electrons. The zero-order valence-electron chi connectivity index (χ0n) is 12.4. The van der Waals surface area contributed by atoms with Crippen molar-refractivity contribution in [2.75, 3.05) is 5.32 Å². The van der Waals surface area contributed by atoms with Gasteiger partial charge in [0.15, 0.2) is 10.7 Å². The number of carbonyl (C=O) groups is 1. The minimum absolute atomic E-state index is 0.265. The summed E-state index contributed by atoms with van der Waals surface area (Å²) in [5.74, 6) is -1.22. The molecule has 0 saturated heterocycles. The van der Waals surface area contributed by atoms with E-state index in [0.717, 1.165) is 5.56 Å². The first-order valence-corrected chi connectivity index (χ1v) is 7.66. The first-order chi connectivity index (χ1) is 11.9. The van der Waals surface area contributed by atoms with Gasteiger partial charge in [0.2, 0.25) is 0 Å². The average molecular weight is 381 g/mol. The number of hydrogen-bond acceptors (Lipinski definition) is 5. The molecule has 0 aliphatic rings. The molecule has 0 saturated carbocycles. The molecule has 2 N–H and O–H groups in total. The van der Waals surface area contributed by atoms with Gasteiger partial charge in [0.25, 0.3) is 5.91 Å². The largest absolute Gasteiger partial charge is 0.362 e. The smallest absolute Gasteiger partial charge is 0.358 e. The van der Waals surface area contributed by atoms with Crippen LogP contribution in [0.25, 0.3) is 0 Å². The molecule has 25 heavy (non-hydrogen) atoms. The minimum atomic E-state index is -0.754. The highest BCUT2D eigenvalue weighted by Gasteiger charge is 2.25. The maximum absolute atomic E-state index is 12.1. The molecular weight excluding hydrogens is 371 g/mol. The lowest BCUT2D eigenvalue weighted by molar-refractivity contribution is -0.389. The number of nitrogens with one attached hydrogen (secondary N) is 2. The number of nitrogens with zero attached hydrogens (tertiary/aromatic N) is 4. The van der Waals surface area contributed by atoms with E-state index in [1.807, 2.05) is 12.1 Å². The van der Waals surface area contributed by atoms with E-state index < -0.39 is 16.6 Å². The molecule has 2 heterocycles. The first-order valence-electron chi connectivity index (χ1n) is 6.90. The van der Waals surface area contributed by atoms with E-state index in [9.17, 15) is 14.9 Å². The quantitative estimate of drug-likeness (QED) is 0.520. The summed E-state index contributed by atoms with van der Waals surface area (Å²) in [4.78, 5) is 22.1. The van der Waals surface area contributed by atoms with Gasteiger partial charge in [-0.1, -0.05) is 40.4 Å². The zero-order chi connectivity index (χ0) is 18.0. The zero-order valence-corrected chi connectivity index (χ0v) is 14.0. The predicted octanol–water partition coefficient (Wildman–Crippen LogP) is 3.12. The number of H-pyrrole nitrogens is 1. The predicted molar refractivity (Wildman–Crippen MR) is 91.0 cm³/mol. The molecule has 3 aromatic rings. The van der Waals surface area contributed by atoms with Crippen molar-refractivity contribution in [3.8, 4) is 0 Å². The second-order valence-electron chi connectivity index (χ2n) is 5.00. The molecule has 0 aliphatic carbocycles. The number of rotatable bonds is 5. The van der Waals surface area contributed by atoms with Crippen LogP contribution in [0.5, 0.6) is 0 Å². The average Bonchev–Trinajstić information content (AvgIpc) is 3.16. The van der Waals surface area contributed by atoms with E-state index in [-0.39, 0.29) is 10.7 Å². The SMILES string of the molecule is O=C(Nc1cnn(Cc2ccc(Cl)cc2)c1)c1n[nH]c([N+](=O)[O-])c1Cl. The summed E-state index contributed by atoms with van der Waals surface area (Å²) < 4.78 is 1.62. The number of aromatic amines is 1. The van der Waals surface area contributed by atoms with E-state index in [0.29, 0.717) is 17.3 Å². The van der Waals surface area contributed by atoms with Crippen LogP contribution in [0.2, 0.25) is 10.0 Å². The van der Waals surface area contributed by atoms with E-state index >= 15 is 0 Å². The Morgan fingerprint density at radius 2 is 2.04 bits per heavy atom. The third-order valence-corrected chi connectivity index (χ3v) is 3.85. The summed E-state index contributed by atoms with van der Waals surface area (Å²) in [7, 11) is 0. The second-order valence-corrected chi connectivity index (χ2v) is 5.81. The molecule has 0 bridgehead atoms. The maximum atomic E-state index is 12.1. The van der Waals surface area contributed by atoms with Crippen LogP contribution in [0.15, 0.2) is 36.7 Å². The van der Waals surface area contributed by atoms with Crippen LogP contribution in [0.1, 0.15) is 16.1 Å². The van der Waals surface area contributed by atoms with Gasteiger partial charge in [0.05, 0.1) is 18.4 Å². The van der Waals surface area contributed by atoms with E-state index in [2.05, 4.69) is 20.6 Å². The van der Waals surface area contributed by atoms with Gasteiger partial charge in [0.1, 0.15) is 0 Å². The fraction of sp³-hybridized carbons (Fsp3) is 0.0714. The van der Waals surface area contributed by atoms with Gasteiger partial charge in [0, 0.05) is 11.2 Å². The number of benzene rings is 1. The maximum Gasteiger partial charge on any atom is 0.362 e. The minimum Gasteiger partial charge on any atom is -0.358 e. The van der Waals surface area contributed by atoms with Crippen LogP contribution in [0.4, 0.5) is 11.5 Å². The van der Waals surface area contributed by atoms with Gasteiger partial charge in [-0.05, 0) is 22.6 Å². The highest BCUT2D eigenvalue weighted by molar-refractivity contribution is 6.35. The lowest BCUT2D eigenvalue weighted by Crippen LogP contribution is -2.12. The Morgan fingerprint density at radius 1 is 1.32 bits per heavy atom. The highest BCUT2D eigenvalue weighted by atomic mass is 35.5. The Kier molecular flexibility index (Phi) is 4.68. The number of amides is 1. The van der Waals surface area contributed by atoms with E-state index in [1.165, 1.54) is 6.20 Å². The van der Waals surface area contributed by atoms with E-state index in [4.69, 9.17) is 23.2 Å². The van der Waals surface area contributed by atoms with Crippen molar-refractivity contribution in [2.45, 2.75) is 6.54 Å². The van der Waals surface area contributed by atoms with Crippen molar-refractivity contribution in [3.63, 3.8) is 0 Å². The Labute approximate surface area is 150 Å². The molecule has 1 amide bonds. The summed E-state index contributed by atoms with van der Waals surface area (Å²) in [6, 6.07) is 7.28. The molecule has 9 nitrogen and oxygen atoms in total. The number of aromatic nitrogens is 4. The third-order valence-electron chi connectivity index (χ3n) is 3.24. The number of anilines is 1. The summed E-state index contributed by atoms with van der Waals surface area (Å²) in [5.41, 5.74) is 1.12. The molecule has 2 aromatic heterocycles. The van der Waals surface area contributed by atoms with Crippen LogP contribution < -0.4 is 5.32 Å². The van der Waals surface area contributed by atoms with Crippen molar-refractivity contribution in [1.82, 2.24) is 20.0 Å². The Bertz CT molecular complexity index is 934. The summed E-state index contributed by atoms with van der Waals surface area (Å²) >= 11 is 11.6. The lowest BCUT2D eigenvalue weighted by atomic mass is 10.2. The van der Waals surface area contributed by atoms with E-state index in [1.54, 1.807) is 23.0 Å². The van der Waals surface area contributed by atoms with Gasteiger partial charge >= 0.3 is 5.82 Å². The summed E-state index contributed by atoms with van der Waals surface area (Å²) in [6.07, 6.45) is 3.06. The van der Waals surface area contributed by atoms with Crippen LogP contribution >= 0.6 is 23.2 Å². The van der Waals surface area contributed by atoms with Crippen LogP contribution in [-0.4, -0.2) is 30.8 Å². The Balaban J connectivity index is 1.69. The molecule has 0 unspecified atom stereocenters. The molecule has 0 aliphatic heterocycles. The van der Waals surface area contributed by atoms with Crippen LogP contribution in [0.3, 0.4) is 0 Å². The molecule has 3 rings (SSSR count). The molecule has 1 aromatic carbocycles. The number of halogens is 2. The molecular formula is C14H10Cl2N6O3. The van der Waals surface area contributed by atoms with Crippen molar-refractivity contribution in [3.05, 3.63) is 68.1 Å². The van der Waals surface area contributed by atoms with Crippen LogP contribution in [-0.2, 0) is 6.54 Å². The third kappa shape index (κ3) is 3.78. The standard InChI is InChI=1S/C14H10Cl2N6O3/c15-9-3-1-8(2-4-9)6-21-7-10(5-17-21)18-14(23)12-11(16)13(20-19-12)22(24)25/h1-5,7H,6H2,(H,18,23)(H,19,20). The normalized spacial score (nSPS) is 10.6. The van der Waals surface area contributed by atoms with Crippen molar-refractivity contribution in [2.24, 2.45) is 0 Å². The highest BCUT2D eigenvalue weighted by Crippen LogP contribution is 2.25. The fourth-order valence-electron chi connectivity index (χ4n) is 2.07. The Hall–Kier alpha value is -2.91. The van der Waals surface area contributed by atoms with Gasteiger partial charge < -0.3 is 15.4 Å². The summed E-state index contributed by atoms with van der Waals surface area (Å²) in [5, 5.41) is 23.3. The molecule has 0 spiro atoms. The van der Waals surface area contributed by atoms with Gasteiger partial charge in [-0.15, -0.1) is 5.10 Å². The van der Waals surface area contributed by atoms with Crippen LogP contribution in [0, 0.1) is 10.1 Å². The summed E-state index contributed by atoms with van der Waals surface area (Å²) in [6.45, 7) is 0.488. The van der Waals surface area contributed by atoms with Crippen molar-refractivity contribution in [1.29, 1.82) is 0 Å². The molecule has 0 atom stereocenters. The Morgan fingerprint density at radius 3 is 2.68 bits per heavy atom. The second kappa shape index (κ2) is 6.91. The topological polar surface area (TPSA) is 119 Å². The molecule has 128 valence electrons. The number of carbonyl (C=O) groups excluding carboxylic acids is 1. The molecule has 11 heteroatoms. The van der Waals surface area contributed by atoms with Gasteiger partial charge in [-0.3, -0.25) is 9.48 Å². The number of hydrogen-bond donors (Lipinski definition) is 2. The first kappa shape index (κ1) is 16.9. The van der Waals surface area contributed by atoms with Crippen molar-refractivity contribution < 1.29 is 9.72 Å². The van der Waals surface area contributed by atoms with Crippen molar-refractivity contribution >= 4 is 40.6 Å². The lowest BCUT2D eigenvalue weighted by Gasteiger charge is -2.02.